The third-order valence-electron chi connectivity index (χ3n) is 2.95. The maximum Gasteiger partial charge on any atom is 0.437 e. The van der Waals surface area contributed by atoms with Gasteiger partial charge in [0.15, 0.2) is 5.76 Å². The highest BCUT2D eigenvalue weighted by Crippen LogP contribution is 2.23. The quantitative estimate of drug-likeness (QED) is 0.801. The van der Waals surface area contributed by atoms with Crippen LogP contribution >= 0.6 is 11.6 Å². The van der Waals surface area contributed by atoms with Gasteiger partial charge in [-0.05, 0) is 18.2 Å². The lowest BCUT2D eigenvalue weighted by atomic mass is 10.1. The normalized spacial score (nSPS) is 12.5. The maximum absolute atomic E-state index is 11.7. The first-order valence-corrected chi connectivity index (χ1v) is 6.57. The van der Waals surface area contributed by atoms with Crippen LogP contribution in [0.3, 0.4) is 0 Å². The van der Waals surface area contributed by atoms with E-state index < -0.39 is 11.9 Å². The number of halogens is 1. The first-order chi connectivity index (χ1) is 10.1. The van der Waals surface area contributed by atoms with E-state index in [1.165, 1.54) is 6.26 Å². The highest BCUT2D eigenvalue weighted by molar-refractivity contribution is 6.31. The molecule has 6 nitrogen and oxygen atoms in total. The van der Waals surface area contributed by atoms with Crippen LogP contribution < -0.4 is 5.76 Å². The van der Waals surface area contributed by atoms with Gasteiger partial charge in [0.05, 0.1) is 12.8 Å². The largest absolute Gasteiger partial charge is 0.459 e. The fourth-order valence-corrected chi connectivity index (χ4v) is 2.19. The molecule has 0 spiro atoms. The summed E-state index contributed by atoms with van der Waals surface area (Å²) in [5, 5.41) is 14.6. The molecule has 21 heavy (non-hydrogen) atoms. The van der Waals surface area contributed by atoms with E-state index in [1.807, 2.05) is 0 Å². The SMILES string of the molecule is O=c1oc(-c2ccco2)nn1CC(O)c1ccccc1Cl. The van der Waals surface area contributed by atoms with E-state index in [-0.39, 0.29) is 12.4 Å². The van der Waals surface area contributed by atoms with Crippen molar-refractivity contribution in [3.8, 4) is 11.7 Å². The van der Waals surface area contributed by atoms with E-state index in [4.69, 9.17) is 20.4 Å². The molecule has 3 rings (SSSR count). The molecule has 2 aromatic heterocycles. The minimum absolute atomic E-state index is 0.0627. The lowest BCUT2D eigenvalue weighted by molar-refractivity contribution is 0.148. The molecule has 0 saturated heterocycles. The smallest absolute Gasteiger partial charge is 0.437 e. The molecule has 2 heterocycles. The van der Waals surface area contributed by atoms with Gasteiger partial charge in [0.25, 0.3) is 5.89 Å². The molecule has 0 radical (unpaired) electrons. The summed E-state index contributed by atoms with van der Waals surface area (Å²) in [6.07, 6.45) is 0.485. The summed E-state index contributed by atoms with van der Waals surface area (Å²) in [6.45, 7) is -0.0627. The molecule has 1 aromatic carbocycles. The minimum Gasteiger partial charge on any atom is -0.459 e. The van der Waals surface area contributed by atoms with Crippen LogP contribution in [-0.2, 0) is 6.54 Å². The van der Waals surface area contributed by atoms with Crippen molar-refractivity contribution in [3.63, 3.8) is 0 Å². The van der Waals surface area contributed by atoms with Gasteiger partial charge in [0.2, 0.25) is 0 Å². The predicted octanol–water partition coefficient (Wildman–Crippen LogP) is 2.48. The van der Waals surface area contributed by atoms with Crippen LogP contribution in [0.15, 0.2) is 56.3 Å². The monoisotopic (exact) mass is 306 g/mol. The molecule has 0 bridgehead atoms. The summed E-state index contributed by atoms with van der Waals surface area (Å²) in [4.78, 5) is 11.7. The maximum atomic E-state index is 11.7. The van der Waals surface area contributed by atoms with Crippen molar-refractivity contribution in [1.82, 2.24) is 9.78 Å². The van der Waals surface area contributed by atoms with E-state index in [0.717, 1.165) is 4.68 Å². The summed E-state index contributed by atoms with van der Waals surface area (Å²) < 4.78 is 11.1. The first kappa shape index (κ1) is 13.7. The van der Waals surface area contributed by atoms with Gasteiger partial charge in [-0.2, -0.15) is 4.68 Å². The average molecular weight is 307 g/mol. The van der Waals surface area contributed by atoms with E-state index in [1.54, 1.807) is 36.4 Å². The second kappa shape index (κ2) is 5.59. The molecule has 1 atom stereocenters. The number of benzene rings is 1. The molecule has 0 aliphatic heterocycles. The number of aromatic nitrogens is 2. The van der Waals surface area contributed by atoms with Crippen molar-refractivity contribution in [3.05, 3.63) is 63.8 Å². The number of hydrogen-bond donors (Lipinski definition) is 1. The van der Waals surface area contributed by atoms with Crippen LogP contribution in [0.25, 0.3) is 11.7 Å². The lowest BCUT2D eigenvalue weighted by Crippen LogP contribution is -2.20. The van der Waals surface area contributed by atoms with Crippen LogP contribution in [0.4, 0.5) is 0 Å². The Hall–Kier alpha value is -2.31. The summed E-state index contributed by atoms with van der Waals surface area (Å²) in [6, 6.07) is 10.2. The number of nitrogens with zero attached hydrogens (tertiary/aromatic N) is 2. The Morgan fingerprint density at radius 2 is 2.10 bits per heavy atom. The van der Waals surface area contributed by atoms with Gasteiger partial charge in [-0.3, -0.25) is 0 Å². The second-order valence-electron chi connectivity index (χ2n) is 4.37. The highest BCUT2D eigenvalue weighted by Gasteiger charge is 2.17. The molecule has 0 aliphatic rings. The molecule has 1 unspecified atom stereocenters. The number of aliphatic hydroxyl groups excluding tert-OH is 1. The first-order valence-electron chi connectivity index (χ1n) is 6.19. The highest BCUT2D eigenvalue weighted by atomic mass is 35.5. The standard InChI is InChI=1S/C14H11ClN2O4/c15-10-5-2-1-4-9(10)11(18)8-17-14(19)21-13(16-17)12-6-3-7-20-12/h1-7,11,18H,8H2. The zero-order chi connectivity index (χ0) is 14.8. The molecular weight excluding hydrogens is 296 g/mol. The molecule has 3 aromatic rings. The van der Waals surface area contributed by atoms with Crippen molar-refractivity contribution in [2.75, 3.05) is 0 Å². The number of furan rings is 1. The third kappa shape index (κ3) is 2.76. The third-order valence-corrected chi connectivity index (χ3v) is 3.29. The Balaban J connectivity index is 1.86. The van der Waals surface area contributed by atoms with Crippen molar-refractivity contribution in [2.24, 2.45) is 0 Å². The van der Waals surface area contributed by atoms with Gasteiger partial charge in [0, 0.05) is 10.6 Å². The molecule has 0 amide bonds. The molecule has 0 aliphatic carbocycles. The topological polar surface area (TPSA) is 81.4 Å². The van der Waals surface area contributed by atoms with Gasteiger partial charge in [-0.15, -0.1) is 5.10 Å². The number of hydrogen-bond acceptors (Lipinski definition) is 5. The Morgan fingerprint density at radius 1 is 1.29 bits per heavy atom. The Morgan fingerprint density at radius 3 is 2.81 bits per heavy atom. The molecule has 0 fully saturated rings. The fraction of sp³-hybridized carbons (Fsp3) is 0.143. The van der Waals surface area contributed by atoms with Gasteiger partial charge >= 0.3 is 5.76 Å². The molecule has 1 N–H and O–H groups in total. The van der Waals surface area contributed by atoms with Gasteiger partial charge in [-0.1, -0.05) is 29.8 Å². The zero-order valence-corrected chi connectivity index (χ0v) is 11.5. The van der Waals surface area contributed by atoms with Crippen molar-refractivity contribution < 1.29 is 13.9 Å². The van der Waals surface area contributed by atoms with Crippen LogP contribution in [-0.4, -0.2) is 14.9 Å². The second-order valence-corrected chi connectivity index (χ2v) is 4.78. The lowest BCUT2D eigenvalue weighted by Gasteiger charge is -2.11. The van der Waals surface area contributed by atoms with Crippen molar-refractivity contribution >= 4 is 11.6 Å². The average Bonchev–Trinajstić information content (AvgIpc) is 3.10. The van der Waals surface area contributed by atoms with E-state index in [0.29, 0.717) is 16.3 Å². The van der Waals surface area contributed by atoms with E-state index >= 15 is 0 Å². The van der Waals surface area contributed by atoms with Crippen LogP contribution in [0.5, 0.6) is 0 Å². The van der Waals surface area contributed by atoms with E-state index in [9.17, 15) is 9.90 Å². The number of aliphatic hydroxyl groups is 1. The Kier molecular flexibility index (Phi) is 3.64. The molecule has 7 heteroatoms. The molecule has 108 valence electrons. The van der Waals surface area contributed by atoms with Gasteiger partial charge in [0.1, 0.15) is 6.10 Å². The van der Waals surface area contributed by atoms with Crippen LogP contribution in [0, 0.1) is 0 Å². The summed E-state index contributed by atoms with van der Waals surface area (Å²) in [7, 11) is 0. The summed E-state index contributed by atoms with van der Waals surface area (Å²) in [5.41, 5.74) is 0.522. The fourth-order valence-electron chi connectivity index (χ4n) is 1.93. The summed E-state index contributed by atoms with van der Waals surface area (Å²) in [5.74, 6) is -0.262. The van der Waals surface area contributed by atoms with Crippen LogP contribution in [0.1, 0.15) is 11.7 Å². The predicted molar refractivity (Wildman–Crippen MR) is 74.9 cm³/mol. The van der Waals surface area contributed by atoms with E-state index in [2.05, 4.69) is 5.10 Å². The van der Waals surface area contributed by atoms with Crippen LogP contribution in [0.2, 0.25) is 5.02 Å². The van der Waals surface area contributed by atoms with Crippen molar-refractivity contribution in [1.29, 1.82) is 0 Å². The zero-order valence-electron chi connectivity index (χ0n) is 10.8. The Bertz CT molecular complexity index is 791. The Labute approximate surface area is 124 Å². The number of rotatable bonds is 4. The minimum atomic E-state index is -0.967. The van der Waals surface area contributed by atoms with Gasteiger partial charge in [-0.25, -0.2) is 4.79 Å². The van der Waals surface area contributed by atoms with Gasteiger partial charge < -0.3 is 13.9 Å². The molecular formula is C14H11ClN2O4. The van der Waals surface area contributed by atoms with Crippen molar-refractivity contribution in [2.45, 2.75) is 12.6 Å². The summed E-state index contributed by atoms with van der Waals surface area (Å²) >= 11 is 6.01. The molecule has 0 saturated carbocycles.